The van der Waals surface area contributed by atoms with Crippen molar-refractivity contribution in [1.29, 1.82) is 0 Å². The normalized spacial score (nSPS) is 16.6. The number of carbonyl (C=O) groups is 4. The molecule has 13 nitrogen and oxygen atoms in total. The second kappa shape index (κ2) is 15.6. The topological polar surface area (TPSA) is 173 Å². The first-order valence-electron chi connectivity index (χ1n) is 13.9. The van der Waals surface area contributed by atoms with Crippen LogP contribution in [0.15, 0.2) is 61.2 Å². The minimum atomic E-state index is -5.08. The van der Waals surface area contributed by atoms with E-state index >= 15 is 0 Å². The SMILES string of the molecule is COc1cccc(CNC(=O)C2Cn3ccnc3C3(CCN(C(=O)c4cccnc4)CC3)O2)c1.O=C(O)C(F)(F)F.O=C(O)C(F)(F)F. The molecule has 2 amide bonds. The number of aliphatic carboxylic acids is 2. The van der Waals surface area contributed by atoms with Crippen molar-refractivity contribution in [3.63, 3.8) is 0 Å². The average Bonchev–Trinajstić information content (AvgIpc) is 3.54. The summed E-state index contributed by atoms with van der Waals surface area (Å²) in [4.78, 5) is 54.1. The van der Waals surface area contributed by atoms with E-state index in [4.69, 9.17) is 29.3 Å². The van der Waals surface area contributed by atoms with E-state index in [1.807, 2.05) is 39.9 Å². The highest BCUT2D eigenvalue weighted by Crippen LogP contribution is 2.40. The molecular formula is C29H29F6N5O8. The molecule has 0 aliphatic carbocycles. The number of hydrogen-bond donors (Lipinski definition) is 3. The Hall–Kier alpha value is -5.20. The zero-order valence-corrected chi connectivity index (χ0v) is 25.0. The molecule has 1 aromatic carbocycles. The van der Waals surface area contributed by atoms with Gasteiger partial charge in [0.15, 0.2) is 6.10 Å². The Morgan fingerprint density at radius 3 is 2.17 bits per heavy atom. The van der Waals surface area contributed by atoms with Crippen molar-refractivity contribution in [2.24, 2.45) is 0 Å². The summed E-state index contributed by atoms with van der Waals surface area (Å²) in [7, 11) is 1.62. The first-order valence-corrected chi connectivity index (χ1v) is 13.9. The van der Waals surface area contributed by atoms with Crippen LogP contribution in [-0.4, -0.2) is 92.1 Å². The Kier molecular flexibility index (Phi) is 12.1. The molecule has 0 bridgehead atoms. The standard InChI is InChI=1S/C25H27N5O4.2C2HF3O2/c1-33-20-6-2-4-18(14-20)15-28-22(31)21-17-30-13-10-27-24(30)25(34-21)7-11-29(12-8-25)23(32)19-5-3-9-26-16-19;2*3-2(4,5)1(6)7/h2-6,9-10,13-14,16,21H,7-8,11-12,15,17H2,1H3,(H,28,31);2*(H,6,7). The van der Waals surface area contributed by atoms with E-state index in [0.29, 0.717) is 44.6 Å². The number of fused-ring (bicyclic) bond motifs is 2. The van der Waals surface area contributed by atoms with Crippen LogP contribution in [0.3, 0.4) is 0 Å². The van der Waals surface area contributed by atoms with Gasteiger partial charge in [-0.15, -0.1) is 0 Å². The van der Waals surface area contributed by atoms with Crippen LogP contribution in [0.2, 0.25) is 0 Å². The minimum absolute atomic E-state index is 0.0466. The molecule has 260 valence electrons. The van der Waals surface area contributed by atoms with Crippen molar-refractivity contribution in [2.45, 2.75) is 50.0 Å². The lowest BCUT2D eigenvalue weighted by Gasteiger charge is -2.45. The van der Waals surface area contributed by atoms with Gasteiger partial charge in [0.25, 0.3) is 11.8 Å². The van der Waals surface area contributed by atoms with E-state index in [2.05, 4.69) is 15.3 Å². The number of imidazole rings is 1. The number of ether oxygens (including phenoxy) is 2. The van der Waals surface area contributed by atoms with Crippen LogP contribution in [-0.2, 0) is 37.8 Å². The number of alkyl halides is 6. The number of pyridine rings is 1. The lowest BCUT2D eigenvalue weighted by molar-refractivity contribution is -0.193. The summed E-state index contributed by atoms with van der Waals surface area (Å²) in [6.07, 6.45) is -2.83. The first-order chi connectivity index (χ1) is 22.5. The third kappa shape index (κ3) is 9.90. The molecule has 3 aromatic rings. The van der Waals surface area contributed by atoms with Crippen LogP contribution in [0, 0.1) is 0 Å². The Labute approximate surface area is 268 Å². The predicted molar refractivity (Wildman–Crippen MR) is 150 cm³/mol. The van der Waals surface area contributed by atoms with Gasteiger partial charge in [0, 0.05) is 57.3 Å². The first kappa shape index (κ1) is 37.3. The molecule has 4 heterocycles. The van der Waals surface area contributed by atoms with E-state index in [9.17, 15) is 35.9 Å². The average molecular weight is 690 g/mol. The molecule has 2 aromatic heterocycles. The van der Waals surface area contributed by atoms with Gasteiger partial charge in [0.1, 0.15) is 17.2 Å². The van der Waals surface area contributed by atoms with Gasteiger partial charge in [0.2, 0.25) is 0 Å². The molecule has 19 heteroatoms. The van der Waals surface area contributed by atoms with Crippen molar-refractivity contribution in [1.82, 2.24) is 24.8 Å². The van der Waals surface area contributed by atoms with Crippen LogP contribution in [0.25, 0.3) is 0 Å². The molecule has 0 saturated carbocycles. The molecule has 1 unspecified atom stereocenters. The molecule has 3 N–H and O–H groups in total. The smallest absolute Gasteiger partial charge is 0.490 e. The van der Waals surface area contributed by atoms with Gasteiger partial charge in [-0.05, 0) is 29.8 Å². The quantitative estimate of drug-likeness (QED) is 0.337. The van der Waals surface area contributed by atoms with Gasteiger partial charge in [0.05, 0.1) is 19.2 Å². The number of carboxylic acid groups (broad SMARTS) is 2. The summed E-state index contributed by atoms with van der Waals surface area (Å²) in [6.45, 7) is 1.81. The number of aromatic nitrogens is 3. The van der Waals surface area contributed by atoms with Crippen LogP contribution in [0.4, 0.5) is 26.3 Å². The minimum Gasteiger partial charge on any atom is -0.497 e. The molecule has 1 spiro atoms. The Bertz CT molecular complexity index is 1550. The molecule has 0 radical (unpaired) electrons. The van der Waals surface area contributed by atoms with Gasteiger partial charge in [-0.1, -0.05) is 12.1 Å². The maximum atomic E-state index is 13.1. The summed E-state index contributed by atoms with van der Waals surface area (Å²) in [5.74, 6) is -4.17. The molecule has 1 saturated heterocycles. The van der Waals surface area contributed by atoms with Crippen molar-refractivity contribution in [3.05, 3.63) is 78.1 Å². The van der Waals surface area contributed by atoms with E-state index < -0.39 is 36.0 Å². The summed E-state index contributed by atoms with van der Waals surface area (Å²) in [5.41, 5.74) is 0.814. The van der Waals surface area contributed by atoms with Crippen molar-refractivity contribution in [3.8, 4) is 5.75 Å². The number of rotatable bonds is 5. The number of likely N-dealkylation sites (tertiary alicyclic amines) is 1. The highest BCUT2D eigenvalue weighted by atomic mass is 19.4. The number of carbonyl (C=O) groups excluding carboxylic acids is 2. The largest absolute Gasteiger partial charge is 0.497 e. The number of amides is 2. The number of carboxylic acids is 2. The molecule has 5 rings (SSSR count). The maximum Gasteiger partial charge on any atom is 0.490 e. The zero-order chi connectivity index (χ0) is 35.7. The van der Waals surface area contributed by atoms with Crippen LogP contribution in [0.1, 0.15) is 34.6 Å². The third-order valence-corrected chi connectivity index (χ3v) is 7.00. The fraction of sp³-hybridized carbons (Fsp3) is 0.379. The fourth-order valence-corrected chi connectivity index (χ4v) is 4.70. The highest BCUT2D eigenvalue weighted by Gasteiger charge is 2.47. The second-order valence-corrected chi connectivity index (χ2v) is 10.2. The molecule has 2 aliphatic heterocycles. The fourth-order valence-electron chi connectivity index (χ4n) is 4.70. The maximum absolute atomic E-state index is 13.1. The molecular weight excluding hydrogens is 660 g/mol. The van der Waals surface area contributed by atoms with E-state index in [-0.39, 0.29) is 11.8 Å². The van der Waals surface area contributed by atoms with Crippen LogP contribution < -0.4 is 10.1 Å². The molecule has 2 aliphatic rings. The Morgan fingerprint density at radius 2 is 1.62 bits per heavy atom. The van der Waals surface area contributed by atoms with Gasteiger partial charge in [-0.2, -0.15) is 26.3 Å². The summed E-state index contributed by atoms with van der Waals surface area (Å²) in [6, 6.07) is 11.1. The molecule has 1 atom stereocenters. The lowest BCUT2D eigenvalue weighted by atomic mass is 9.88. The van der Waals surface area contributed by atoms with Crippen molar-refractivity contribution < 1.29 is 65.2 Å². The van der Waals surface area contributed by atoms with E-state index in [1.165, 1.54) is 0 Å². The number of halogens is 6. The highest BCUT2D eigenvalue weighted by molar-refractivity contribution is 5.94. The van der Waals surface area contributed by atoms with Crippen molar-refractivity contribution >= 4 is 23.8 Å². The van der Waals surface area contributed by atoms with E-state index in [1.54, 1.807) is 37.8 Å². The Morgan fingerprint density at radius 1 is 1.00 bits per heavy atom. The number of hydrogen-bond acceptors (Lipinski definition) is 8. The summed E-state index contributed by atoms with van der Waals surface area (Å²) in [5, 5.41) is 17.2. The van der Waals surface area contributed by atoms with E-state index in [0.717, 1.165) is 17.1 Å². The Balaban J connectivity index is 0.000000376. The molecule has 48 heavy (non-hydrogen) atoms. The number of nitrogens with zero attached hydrogens (tertiary/aromatic N) is 4. The monoisotopic (exact) mass is 689 g/mol. The number of piperidine rings is 1. The predicted octanol–water partition coefficient (Wildman–Crippen LogP) is 3.40. The zero-order valence-electron chi connectivity index (χ0n) is 25.0. The van der Waals surface area contributed by atoms with Gasteiger partial charge >= 0.3 is 24.3 Å². The number of benzene rings is 1. The van der Waals surface area contributed by atoms with Gasteiger partial charge < -0.3 is 34.5 Å². The third-order valence-electron chi connectivity index (χ3n) is 7.00. The van der Waals surface area contributed by atoms with Crippen molar-refractivity contribution in [2.75, 3.05) is 20.2 Å². The second-order valence-electron chi connectivity index (χ2n) is 10.2. The van der Waals surface area contributed by atoms with Gasteiger partial charge in [-0.3, -0.25) is 14.6 Å². The lowest BCUT2D eigenvalue weighted by Crippen LogP contribution is -2.54. The number of methoxy groups -OCH3 is 1. The summed E-state index contributed by atoms with van der Waals surface area (Å²) >= 11 is 0. The molecule has 1 fully saturated rings. The number of nitrogens with one attached hydrogen (secondary N) is 1. The van der Waals surface area contributed by atoms with Crippen LogP contribution >= 0.6 is 0 Å². The van der Waals surface area contributed by atoms with Crippen LogP contribution in [0.5, 0.6) is 5.75 Å². The summed E-state index contributed by atoms with van der Waals surface area (Å²) < 4.78 is 77.2. The van der Waals surface area contributed by atoms with Gasteiger partial charge in [-0.25, -0.2) is 14.6 Å².